The van der Waals surface area contributed by atoms with Gasteiger partial charge < -0.3 is 15.0 Å². The lowest BCUT2D eigenvalue weighted by Gasteiger charge is -2.22. The van der Waals surface area contributed by atoms with E-state index in [9.17, 15) is 0 Å². The van der Waals surface area contributed by atoms with E-state index in [0.29, 0.717) is 0 Å². The number of hydrogen-bond acceptors (Lipinski definition) is 5. The molecular weight excluding hydrogens is 264 g/mol. The van der Waals surface area contributed by atoms with Crippen molar-refractivity contribution in [3.05, 3.63) is 18.0 Å². The van der Waals surface area contributed by atoms with Gasteiger partial charge in [0.05, 0.1) is 6.61 Å². The van der Waals surface area contributed by atoms with Crippen molar-refractivity contribution in [2.24, 2.45) is 11.8 Å². The van der Waals surface area contributed by atoms with Crippen molar-refractivity contribution in [1.82, 2.24) is 15.3 Å². The summed E-state index contributed by atoms with van der Waals surface area (Å²) in [5, 5.41) is 3.32. The molecule has 1 aromatic heterocycles. The Balaban J connectivity index is 1.52. The van der Waals surface area contributed by atoms with Gasteiger partial charge in [0.25, 0.3) is 0 Å². The van der Waals surface area contributed by atoms with E-state index in [1.807, 2.05) is 12.4 Å². The highest BCUT2D eigenvalue weighted by atomic mass is 16.5. The molecule has 2 saturated carbocycles. The van der Waals surface area contributed by atoms with Gasteiger partial charge in [-0.15, -0.1) is 0 Å². The van der Waals surface area contributed by atoms with Crippen LogP contribution in [0, 0.1) is 11.8 Å². The van der Waals surface area contributed by atoms with Crippen molar-refractivity contribution in [3.8, 4) is 0 Å². The number of aromatic nitrogens is 2. The van der Waals surface area contributed by atoms with Crippen molar-refractivity contribution in [1.29, 1.82) is 0 Å². The van der Waals surface area contributed by atoms with Gasteiger partial charge >= 0.3 is 0 Å². The van der Waals surface area contributed by atoms with Crippen molar-refractivity contribution in [3.63, 3.8) is 0 Å². The van der Waals surface area contributed by atoms with Crippen LogP contribution in [-0.2, 0) is 11.3 Å². The Kier molecular flexibility index (Phi) is 5.04. The highest BCUT2D eigenvalue weighted by Crippen LogP contribution is 2.34. The van der Waals surface area contributed by atoms with Gasteiger partial charge in [-0.05, 0) is 37.5 Å². The minimum atomic E-state index is 0.732. The third kappa shape index (κ3) is 4.93. The molecule has 21 heavy (non-hydrogen) atoms. The molecule has 2 aliphatic carbocycles. The first kappa shape index (κ1) is 14.7. The lowest BCUT2D eigenvalue weighted by atomic mass is 10.3. The van der Waals surface area contributed by atoms with Crippen molar-refractivity contribution in [2.75, 3.05) is 38.3 Å². The van der Waals surface area contributed by atoms with E-state index < -0.39 is 0 Å². The predicted molar refractivity (Wildman–Crippen MR) is 83.3 cm³/mol. The van der Waals surface area contributed by atoms with Gasteiger partial charge in [-0.3, -0.25) is 0 Å². The van der Waals surface area contributed by atoms with Gasteiger partial charge in [0, 0.05) is 51.2 Å². The number of nitrogens with one attached hydrogen (secondary N) is 1. The summed E-state index contributed by atoms with van der Waals surface area (Å²) in [6.07, 6.45) is 9.42. The van der Waals surface area contributed by atoms with E-state index in [-0.39, 0.29) is 0 Å². The maximum atomic E-state index is 5.02. The summed E-state index contributed by atoms with van der Waals surface area (Å²) >= 11 is 0. The number of nitrogens with zero attached hydrogens (tertiary/aromatic N) is 3. The summed E-state index contributed by atoms with van der Waals surface area (Å²) in [4.78, 5) is 11.6. The van der Waals surface area contributed by atoms with Crippen LogP contribution in [0.2, 0.25) is 0 Å². The zero-order valence-electron chi connectivity index (χ0n) is 12.9. The van der Waals surface area contributed by atoms with Crippen LogP contribution in [0.15, 0.2) is 12.4 Å². The molecule has 0 radical (unpaired) electrons. The van der Waals surface area contributed by atoms with Gasteiger partial charge in [0.2, 0.25) is 5.95 Å². The summed E-state index contributed by atoms with van der Waals surface area (Å²) in [5.41, 5.74) is 1.13. The Morgan fingerprint density at radius 3 is 2.29 bits per heavy atom. The lowest BCUT2D eigenvalue weighted by molar-refractivity contribution is 0.199. The standard InChI is InChI=1S/C16H26N4O/c1-21-7-6-17-8-15-9-18-16(19-10-15)20(11-13-2-3-13)12-14-4-5-14/h9-10,13-14,17H,2-8,11-12H2,1H3. The van der Waals surface area contributed by atoms with E-state index in [1.54, 1.807) is 7.11 Å². The molecule has 0 aliphatic heterocycles. The van der Waals surface area contributed by atoms with Crippen molar-refractivity contribution >= 4 is 5.95 Å². The van der Waals surface area contributed by atoms with E-state index >= 15 is 0 Å². The van der Waals surface area contributed by atoms with Crippen LogP contribution in [0.5, 0.6) is 0 Å². The van der Waals surface area contributed by atoms with Gasteiger partial charge in [0.1, 0.15) is 0 Å². The maximum absolute atomic E-state index is 5.02. The first-order valence-electron chi connectivity index (χ1n) is 8.10. The fourth-order valence-electron chi connectivity index (χ4n) is 2.47. The molecule has 2 fully saturated rings. The molecule has 2 aliphatic rings. The average Bonchev–Trinajstić information content (AvgIpc) is 3.39. The number of methoxy groups -OCH3 is 1. The minimum Gasteiger partial charge on any atom is -0.383 e. The molecule has 0 aromatic carbocycles. The zero-order valence-corrected chi connectivity index (χ0v) is 12.9. The summed E-state index contributed by atoms with van der Waals surface area (Å²) in [6.45, 7) is 4.67. The van der Waals surface area contributed by atoms with Crippen LogP contribution >= 0.6 is 0 Å². The van der Waals surface area contributed by atoms with Crippen LogP contribution < -0.4 is 10.2 Å². The van der Waals surface area contributed by atoms with Crippen LogP contribution in [0.1, 0.15) is 31.2 Å². The van der Waals surface area contributed by atoms with Crippen molar-refractivity contribution in [2.45, 2.75) is 32.2 Å². The zero-order chi connectivity index (χ0) is 14.5. The molecule has 5 heteroatoms. The fourth-order valence-corrected chi connectivity index (χ4v) is 2.47. The van der Waals surface area contributed by atoms with Crippen LogP contribution in [0.25, 0.3) is 0 Å². The van der Waals surface area contributed by atoms with Gasteiger partial charge in [-0.25, -0.2) is 9.97 Å². The molecule has 0 unspecified atom stereocenters. The van der Waals surface area contributed by atoms with Gasteiger partial charge in [0.15, 0.2) is 0 Å². The number of hydrogen-bond donors (Lipinski definition) is 1. The molecule has 0 spiro atoms. The summed E-state index contributed by atoms with van der Waals surface area (Å²) in [7, 11) is 1.72. The van der Waals surface area contributed by atoms with Crippen LogP contribution in [0.4, 0.5) is 5.95 Å². The van der Waals surface area contributed by atoms with E-state index in [0.717, 1.165) is 56.1 Å². The molecule has 0 bridgehead atoms. The summed E-state index contributed by atoms with van der Waals surface area (Å²) in [6, 6.07) is 0. The van der Waals surface area contributed by atoms with E-state index in [2.05, 4.69) is 20.2 Å². The third-order valence-electron chi connectivity index (χ3n) is 4.14. The average molecular weight is 290 g/mol. The van der Waals surface area contributed by atoms with Gasteiger partial charge in [-0.2, -0.15) is 0 Å². The molecule has 0 amide bonds. The summed E-state index contributed by atoms with van der Waals surface area (Å²) in [5.74, 6) is 2.67. The van der Waals surface area contributed by atoms with E-state index in [4.69, 9.17) is 4.74 Å². The molecule has 1 N–H and O–H groups in total. The SMILES string of the molecule is COCCNCc1cnc(N(CC2CC2)CC2CC2)nc1. The second-order valence-corrected chi connectivity index (χ2v) is 6.35. The molecular formula is C16H26N4O. The number of ether oxygens (including phenoxy) is 1. The van der Waals surface area contributed by atoms with Gasteiger partial charge in [-0.1, -0.05) is 0 Å². The second-order valence-electron chi connectivity index (χ2n) is 6.35. The topological polar surface area (TPSA) is 50.3 Å². The predicted octanol–water partition coefficient (Wildman–Crippen LogP) is 1.84. The molecule has 116 valence electrons. The Morgan fingerprint density at radius 2 is 1.76 bits per heavy atom. The fraction of sp³-hybridized carbons (Fsp3) is 0.750. The first-order valence-corrected chi connectivity index (χ1v) is 8.10. The number of rotatable bonds is 10. The molecule has 1 heterocycles. The highest BCUT2D eigenvalue weighted by molar-refractivity contribution is 5.31. The Bertz CT molecular complexity index is 414. The largest absolute Gasteiger partial charge is 0.383 e. The van der Waals surface area contributed by atoms with Crippen molar-refractivity contribution < 1.29 is 4.74 Å². The molecule has 1 aromatic rings. The normalized spacial score (nSPS) is 18.0. The first-order chi connectivity index (χ1) is 10.3. The smallest absolute Gasteiger partial charge is 0.225 e. The van der Waals surface area contributed by atoms with E-state index in [1.165, 1.54) is 25.7 Å². The summed E-state index contributed by atoms with van der Waals surface area (Å²) < 4.78 is 5.02. The maximum Gasteiger partial charge on any atom is 0.225 e. The molecule has 5 nitrogen and oxygen atoms in total. The Labute approximate surface area is 127 Å². The highest BCUT2D eigenvalue weighted by Gasteiger charge is 2.30. The lowest BCUT2D eigenvalue weighted by Crippen LogP contribution is -2.30. The van der Waals surface area contributed by atoms with Crippen LogP contribution in [0.3, 0.4) is 0 Å². The molecule has 0 saturated heterocycles. The monoisotopic (exact) mass is 290 g/mol. The second kappa shape index (κ2) is 7.18. The van der Waals surface area contributed by atoms with Crippen LogP contribution in [-0.4, -0.2) is 43.3 Å². The Morgan fingerprint density at radius 1 is 1.14 bits per heavy atom. The quantitative estimate of drug-likeness (QED) is 0.666. The minimum absolute atomic E-state index is 0.732. The molecule has 0 atom stereocenters. The third-order valence-corrected chi connectivity index (χ3v) is 4.14. The molecule has 3 rings (SSSR count). The number of anilines is 1. The Hall–Kier alpha value is -1.20.